The summed E-state index contributed by atoms with van der Waals surface area (Å²) in [6, 6.07) is 18.1. The smallest absolute Gasteiger partial charge is 0.338 e. The predicted molar refractivity (Wildman–Crippen MR) is 153 cm³/mol. The van der Waals surface area contributed by atoms with E-state index < -0.39 is 5.91 Å². The van der Waals surface area contributed by atoms with Crippen molar-refractivity contribution in [3.05, 3.63) is 98.7 Å². The van der Waals surface area contributed by atoms with Gasteiger partial charge >= 0.3 is 5.97 Å². The van der Waals surface area contributed by atoms with Crippen molar-refractivity contribution in [3.8, 4) is 17.4 Å². The lowest BCUT2D eigenvalue weighted by Crippen LogP contribution is -2.13. The van der Waals surface area contributed by atoms with Crippen LogP contribution in [0.4, 0.5) is 5.13 Å². The number of ether oxygens (including phenoxy) is 1. The highest BCUT2D eigenvalue weighted by molar-refractivity contribution is 7.15. The first-order valence-electron chi connectivity index (χ1n) is 12.4. The van der Waals surface area contributed by atoms with Gasteiger partial charge in [-0.05, 0) is 54.8 Å². The Balaban J connectivity index is 1.39. The third kappa shape index (κ3) is 7.44. The van der Waals surface area contributed by atoms with Crippen LogP contribution in [0.1, 0.15) is 51.9 Å². The van der Waals surface area contributed by atoms with E-state index in [1.807, 2.05) is 38.1 Å². The number of rotatable bonds is 10. The van der Waals surface area contributed by atoms with E-state index in [2.05, 4.69) is 10.3 Å². The van der Waals surface area contributed by atoms with Crippen LogP contribution in [0, 0.1) is 18.3 Å². The number of carbonyl (C=O) groups is 2. The lowest BCUT2D eigenvalue weighted by Gasteiger charge is -2.04. The molecule has 0 aliphatic rings. The number of aromatic nitrogens is 1. The minimum absolute atomic E-state index is 0.122. The van der Waals surface area contributed by atoms with Crippen molar-refractivity contribution in [2.24, 2.45) is 0 Å². The third-order valence-electron chi connectivity index (χ3n) is 5.80. The van der Waals surface area contributed by atoms with E-state index in [-0.39, 0.29) is 11.5 Å². The fourth-order valence-electron chi connectivity index (χ4n) is 3.60. The number of thiazole rings is 1. The summed E-state index contributed by atoms with van der Waals surface area (Å²) in [6.45, 7) is 4.37. The van der Waals surface area contributed by atoms with Crippen LogP contribution in [0.5, 0.6) is 0 Å². The molecule has 7 nitrogen and oxygen atoms in total. The molecule has 4 aromatic rings. The summed E-state index contributed by atoms with van der Waals surface area (Å²) >= 11 is 7.55. The third-order valence-corrected chi connectivity index (χ3v) is 7.12. The zero-order valence-electron chi connectivity index (χ0n) is 21.5. The van der Waals surface area contributed by atoms with Gasteiger partial charge in [-0.3, -0.25) is 10.1 Å². The highest BCUT2D eigenvalue weighted by atomic mass is 35.5. The number of nitriles is 1. The lowest BCUT2D eigenvalue weighted by atomic mass is 10.1. The summed E-state index contributed by atoms with van der Waals surface area (Å²) in [6.07, 6.45) is 5.47. The number of anilines is 1. The molecule has 0 fully saturated rings. The number of furan rings is 1. The second-order valence-corrected chi connectivity index (χ2v) is 10.3. The van der Waals surface area contributed by atoms with E-state index in [9.17, 15) is 14.9 Å². The molecule has 1 amide bonds. The van der Waals surface area contributed by atoms with Crippen molar-refractivity contribution in [1.29, 1.82) is 5.26 Å². The monoisotopic (exact) mass is 559 g/mol. The van der Waals surface area contributed by atoms with Crippen LogP contribution in [0.25, 0.3) is 17.4 Å². The Labute approximate surface area is 235 Å². The van der Waals surface area contributed by atoms with Gasteiger partial charge in [-0.25, -0.2) is 9.78 Å². The number of carbonyl (C=O) groups excluding carboxylic acids is 2. The van der Waals surface area contributed by atoms with Gasteiger partial charge in [0, 0.05) is 34.2 Å². The Bertz CT molecular complexity index is 1550. The molecule has 2 aromatic carbocycles. The zero-order chi connectivity index (χ0) is 27.8. The Morgan fingerprint density at radius 1 is 1.18 bits per heavy atom. The fourth-order valence-corrected chi connectivity index (χ4v) is 4.64. The number of aryl methyl sites for hydroxylation is 1. The van der Waals surface area contributed by atoms with E-state index in [0.29, 0.717) is 40.3 Å². The molecule has 0 unspecified atom stereocenters. The number of hydrogen-bond donors (Lipinski definition) is 1. The lowest BCUT2D eigenvalue weighted by molar-refractivity contribution is -0.112. The van der Waals surface area contributed by atoms with Crippen LogP contribution in [-0.4, -0.2) is 23.5 Å². The number of unbranched alkanes of at least 4 members (excludes halogenated alkanes) is 1. The quantitative estimate of drug-likeness (QED) is 0.0935. The number of halogens is 1. The van der Waals surface area contributed by atoms with Crippen LogP contribution in [0.15, 0.2) is 70.8 Å². The Morgan fingerprint density at radius 3 is 2.69 bits per heavy atom. The molecule has 1 N–H and O–H groups in total. The first kappa shape index (κ1) is 27.8. The molecule has 4 rings (SSSR count). The summed E-state index contributed by atoms with van der Waals surface area (Å²) in [5.41, 5.74) is 3.13. The normalized spacial score (nSPS) is 11.2. The van der Waals surface area contributed by atoms with Gasteiger partial charge in [0.05, 0.1) is 12.2 Å². The molecule has 39 heavy (non-hydrogen) atoms. The standard InChI is InChI=1S/C30H26ClN3O4S/c1-3-4-13-37-29(36)22-9-7-21(8-10-22)27-12-11-24(38-27)16-23(17-32)28(35)34-30-33-18-25(39-30)14-20-6-5-19(2)26(31)15-20/h5-12,15-16,18H,3-4,13-14H2,1-2H3,(H,33,34,35)/b23-16+. The van der Waals surface area contributed by atoms with Gasteiger partial charge in [-0.1, -0.05) is 49.2 Å². The van der Waals surface area contributed by atoms with Crippen LogP contribution in [0.3, 0.4) is 0 Å². The van der Waals surface area contributed by atoms with Crippen molar-refractivity contribution < 1.29 is 18.7 Å². The number of nitrogens with one attached hydrogen (secondary N) is 1. The van der Waals surface area contributed by atoms with E-state index in [1.165, 1.54) is 17.4 Å². The zero-order valence-corrected chi connectivity index (χ0v) is 23.1. The second-order valence-electron chi connectivity index (χ2n) is 8.78. The largest absolute Gasteiger partial charge is 0.462 e. The van der Waals surface area contributed by atoms with Crippen LogP contribution >= 0.6 is 22.9 Å². The molecule has 2 aromatic heterocycles. The minimum atomic E-state index is -0.583. The summed E-state index contributed by atoms with van der Waals surface area (Å²) < 4.78 is 11.1. The maximum absolute atomic E-state index is 12.7. The number of hydrogen-bond acceptors (Lipinski definition) is 7. The van der Waals surface area contributed by atoms with E-state index in [1.54, 1.807) is 42.6 Å². The molecule has 0 atom stereocenters. The van der Waals surface area contributed by atoms with Crippen molar-refractivity contribution in [3.63, 3.8) is 0 Å². The highest BCUT2D eigenvalue weighted by Gasteiger charge is 2.14. The van der Waals surface area contributed by atoms with Gasteiger partial charge in [0.2, 0.25) is 0 Å². The van der Waals surface area contributed by atoms with Gasteiger partial charge in [-0.2, -0.15) is 5.26 Å². The summed E-state index contributed by atoms with van der Waals surface area (Å²) in [5.74, 6) is -0.0724. The molecule has 0 aliphatic carbocycles. The van der Waals surface area contributed by atoms with Crippen LogP contribution in [-0.2, 0) is 16.0 Å². The summed E-state index contributed by atoms with van der Waals surface area (Å²) in [5, 5.41) is 13.3. The van der Waals surface area contributed by atoms with Crippen molar-refractivity contribution in [2.75, 3.05) is 11.9 Å². The molecule has 2 heterocycles. The van der Waals surface area contributed by atoms with Gasteiger partial charge in [0.25, 0.3) is 5.91 Å². The molecule has 0 saturated carbocycles. The van der Waals surface area contributed by atoms with Crippen LogP contribution in [0.2, 0.25) is 5.02 Å². The predicted octanol–water partition coefficient (Wildman–Crippen LogP) is 7.46. The molecule has 0 spiro atoms. The molecule has 9 heteroatoms. The second kappa shape index (κ2) is 13.1. The van der Waals surface area contributed by atoms with Gasteiger partial charge < -0.3 is 9.15 Å². The molecule has 198 valence electrons. The van der Waals surface area contributed by atoms with E-state index in [0.717, 1.165) is 34.4 Å². The Kier molecular flexibility index (Phi) is 9.31. The van der Waals surface area contributed by atoms with Gasteiger partial charge in [0.15, 0.2) is 5.13 Å². The number of esters is 1. The number of nitrogens with zero attached hydrogens (tertiary/aromatic N) is 2. The molecule has 0 radical (unpaired) electrons. The van der Waals surface area contributed by atoms with Gasteiger partial charge in [-0.15, -0.1) is 11.3 Å². The first-order chi connectivity index (χ1) is 18.9. The minimum Gasteiger partial charge on any atom is -0.462 e. The maximum atomic E-state index is 12.7. The molecule has 0 bridgehead atoms. The maximum Gasteiger partial charge on any atom is 0.338 e. The fraction of sp³-hybridized carbons (Fsp3) is 0.200. The van der Waals surface area contributed by atoms with Crippen molar-refractivity contribution in [1.82, 2.24) is 4.98 Å². The SMILES string of the molecule is CCCCOC(=O)c1ccc(-c2ccc(/C=C(\C#N)C(=O)Nc3ncc(Cc4ccc(C)c(Cl)c4)s3)o2)cc1. The van der Waals surface area contributed by atoms with E-state index in [4.69, 9.17) is 20.8 Å². The van der Waals surface area contributed by atoms with Crippen LogP contribution < -0.4 is 5.32 Å². The summed E-state index contributed by atoms with van der Waals surface area (Å²) in [4.78, 5) is 30.0. The summed E-state index contributed by atoms with van der Waals surface area (Å²) in [7, 11) is 0. The molecule has 0 aliphatic heterocycles. The number of benzene rings is 2. The Hall–Kier alpha value is -4.19. The van der Waals surface area contributed by atoms with Gasteiger partial charge in [0.1, 0.15) is 23.2 Å². The first-order valence-corrected chi connectivity index (χ1v) is 13.6. The topological polar surface area (TPSA) is 105 Å². The van der Waals surface area contributed by atoms with E-state index >= 15 is 0 Å². The average Bonchev–Trinajstić information content (AvgIpc) is 3.59. The Morgan fingerprint density at radius 2 is 1.97 bits per heavy atom. The highest BCUT2D eigenvalue weighted by Crippen LogP contribution is 2.26. The molecular weight excluding hydrogens is 534 g/mol. The van der Waals surface area contributed by atoms with Crippen molar-refractivity contribution in [2.45, 2.75) is 33.1 Å². The van der Waals surface area contributed by atoms with Crippen molar-refractivity contribution >= 4 is 46.0 Å². The average molecular weight is 560 g/mol. The molecular formula is C30H26ClN3O4S. The number of amides is 1. The molecule has 0 saturated heterocycles.